The van der Waals surface area contributed by atoms with Crippen molar-refractivity contribution in [1.29, 1.82) is 0 Å². The van der Waals surface area contributed by atoms with Gasteiger partial charge in [0, 0.05) is 33.3 Å². The van der Waals surface area contributed by atoms with Gasteiger partial charge in [-0.3, -0.25) is 4.79 Å². The van der Waals surface area contributed by atoms with E-state index >= 15 is 0 Å². The van der Waals surface area contributed by atoms with E-state index in [0.29, 0.717) is 21.9 Å². The zero-order valence-electron chi connectivity index (χ0n) is 20.2. The minimum absolute atomic E-state index is 0.00410. The molecule has 2 aromatic carbocycles. The van der Waals surface area contributed by atoms with Crippen LogP contribution in [0.5, 0.6) is 5.75 Å². The first-order chi connectivity index (χ1) is 17.6. The first kappa shape index (κ1) is 25.0. The van der Waals surface area contributed by atoms with Crippen molar-refractivity contribution >= 4 is 40.1 Å². The molecule has 5 rings (SSSR count). The van der Waals surface area contributed by atoms with Crippen LogP contribution in [-0.4, -0.2) is 18.2 Å². The highest BCUT2D eigenvalue weighted by atomic mass is 35.5. The highest BCUT2D eigenvalue weighted by Gasteiger charge is 2.27. The Bertz CT molecular complexity index is 1270. The number of hydrogen-bond donors (Lipinski definition) is 1. The normalized spacial score (nSPS) is 16.2. The van der Waals surface area contributed by atoms with Crippen molar-refractivity contribution in [2.24, 2.45) is 4.99 Å². The van der Waals surface area contributed by atoms with Crippen LogP contribution in [0, 0.1) is 5.82 Å². The maximum atomic E-state index is 14.1. The average Bonchev–Trinajstić information content (AvgIpc) is 3.27. The van der Waals surface area contributed by atoms with Crippen molar-refractivity contribution in [3.05, 3.63) is 80.4 Å². The van der Waals surface area contributed by atoms with Crippen LogP contribution in [0.2, 0.25) is 5.02 Å². The van der Waals surface area contributed by atoms with Gasteiger partial charge in [0.1, 0.15) is 23.2 Å². The number of carbonyl (C=O) groups is 1. The Morgan fingerprint density at radius 3 is 2.75 bits per heavy atom. The van der Waals surface area contributed by atoms with Crippen LogP contribution in [0.3, 0.4) is 0 Å². The average molecular weight is 525 g/mol. The highest BCUT2D eigenvalue weighted by Crippen LogP contribution is 2.40. The van der Waals surface area contributed by atoms with Crippen LogP contribution in [0.4, 0.5) is 9.39 Å². The molecule has 0 saturated heterocycles. The molecule has 0 bridgehead atoms. The number of rotatable bonds is 7. The topological polar surface area (TPSA) is 50.7 Å². The van der Waals surface area contributed by atoms with Crippen molar-refractivity contribution in [2.75, 3.05) is 0 Å². The number of amides is 1. The molecule has 0 atom stereocenters. The molecule has 188 valence electrons. The van der Waals surface area contributed by atoms with E-state index in [-0.39, 0.29) is 24.4 Å². The van der Waals surface area contributed by atoms with Gasteiger partial charge in [-0.05, 0) is 68.4 Å². The third kappa shape index (κ3) is 5.81. The lowest BCUT2D eigenvalue weighted by molar-refractivity contribution is 0.0927. The molecule has 1 fully saturated rings. The van der Waals surface area contributed by atoms with Crippen LogP contribution in [0.1, 0.15) is 76.9 Å². The minimum Gasteiger partial charge on any atom is -0.488 e. The first-order valence-corrected chi connectivity index (χ1v) is 13.9. The second kappa shape index (κ2) is 11.6. The quantitative estimate of drug-likeness (QED) is 0.320. The Kier molecular flexibility index (Phi) is 8.02. The lowest BCUT2D eigenvalue weighted by atomic mass is 9.93. The summed E-state index contributed by atoms with van der Waals surface area (Å²) in [6, 6.07) is 12.1. The summed E-state index contributed by atoms with van der Waals surface area (Å²) < 4.78 is 20.0. The van der Waals surface area contributed by atoms with Gasteiger partial charge in [-0.15, -0.1) is 11.3 Å². The Balaban J connectivity index is 1.41. The molecule has 0 spiro atoms. The fraction of sp³-hybridized carbons (Fsp3) is 0.379. The molecular formula is C29H30ClFN2O2S. The monoisotopic (exact) mass is 524 g/mol. The largest absolute Gasteiger partial charge is 0.488 e. The van der Waals surface area contributed by atoms with Crippen LogP contribution in [0.15, 0.2) is 47.5 Å². The van der Waals surface area contributed by atoms with Crippen molar-refractivity contribution < 1.29 is 13.9 Å². The van der Waals surface area contributed by atoms with Gasteiger partial charge in [-0.1, -0.05) is 49.1 Å². The third-order valence-electron chi connectivity index (χ3n) is 6.95. The maximum Gasteiger partial charge on any atom is 0.254 e. The van der Waals surface area contributed by atoms with E-state index in [1.54, 1.807) is 53.9 Å². The van der Waals surface area contributed by atoms with E-state index in [4.69, 9.17) is 21.3 Å². The van der Waals surface area contributed by atoms with E-state index < -0.39 is 0 Å². The van der Waals surface area contributed by atoms with E-state index in [9.17, 15) is 9.18 Å². The molecule has 2 aliphatic rings. The molecule has 1 amide bonds. The number of aryl methyl sites for hydroxylation is 1. The van der Waals surface area contributed by atoms with Crippen molar-refractivity contribution in [2.45, 2.75) is 70.4 Å². The number of carbonyl (C=O) groups excluding carboxylic acids is 1. The molecule has 1 saturated carbocycles. The van der Waals surface area contributed by atoms with Crippen LogP contribution < -0.4 is 10.1 Å². The van der Waals surface area contributed by atoms with Gasteiger partial charge in [0.2, 0.25) is 0 Å². The Labute approximate surface area is 220 Å². The van der Waals surface area contributed by atoms with Gasteiger partial charge in [-0.2, -0.15) is 0 Å². The molecule has 1 heterocycles. The summed E-state index contributed by atoms with van der Waals surface area (Å²) in [6.07, 6.45) is 11.5. The number of hydrogen-bond acceptors (Lipinski definition) is 4. The molecule has 7 heteroatoms. The third-order valence-corrected chi connectivity index (χ3v) is 8.39. The molecule has 0 aliphatic heterocycles. The molecule has 0 radical (unpaired) electrons. The summed E-state index contributed by atoms with van der Waals surface area (Å²) >= 11 is 7.89. The SMILES string of the molecule is O=C(NC1CCCCC1)c1c(N=Cc2cc(Cl)ccc2OCc2ccccc2F)sc2c1CCCC2. The Morgan fingerprint density at radius 1 is 1.11 bits per heavy atom. The molecular weight excluding hydrogens is 495 g/mol. The molecule has 1 aromatic heterocycles. The van der Waals surface area contributed by atoms with Crippen molar-refractivity contribution in [3.63, 3.8) is 0 Å². The van der Waals surface area contributed by atoms with Gasteiger partial charge < -0.3 is 10.1 Å². The summed E-state index contributed by atoms with van der Waals surface area (Å²) in [5.41, 5.74) is 3.05. The standard InChI is InChI=1S/C29H30ClFN2O2S/c30-21-14-15-25(35-18-19-8-4-6-12-24(19)31)20(16-21)17-32-29-27(23-11-5-7-13-26(23)36-29)28(34)33-22-9-2-1-3-10-22/h4,6,8,12,14-17,22H,1-3,5,7,9-11,13,18H2,(H,33,34). The van der Waals surface area contributed by atoms with Crippen LogP contribution in [-0.2, 0) is 19.4 Å². The van der Waals surface area contributed by atoms with Crippen molar-refractivity contribution in [1.82, 2.24) is 5.32 Å². The van der Waals surface area contributed by atoms with Gasteiger partial charge in [-0.25, -0.2) is 9.38 Å². The zero-order chi connectivity index (χ0) is 24.9. The van der Waals surface area contributed by atoms with Crippen LogP contribution >= 0.6 is 22.9 Å². The number of aliphatic imine (C=N–C) groups is 1. The Hall–Kier alpha value is -2.70. The molecule has 2 aliphatic carbocycles. The predicted molar refractivity (Wildman–Crippen MR) is 145 cm³/mol. The summed E-state index contributed by atoms with van der Waals surface area (Å²) in [6.45, 7) is 0.0947. The summed E-state index contributed by atoms with van der Waals surface area (Å²) in [7, 11) is 0. The summed E-state index contributed by atoms with van der Waals surface area (Å²) in [5.74, 6) is 0.246. The summed E-state index contributed by atoms with van der Waals surface area (Å²) in [5, 5.41) is 4.57. The zero-order valence-corrected chi connectivity index (χ0v) is 21.8. The number of fused-ring (bicyclic) bond motifs is 1. The lowest BCUT2D eigenvalue weighted by Gasteiger charge is -2.23. The second-order valence-corrected chi connectivity index (χ2v) is 11.0. The lowest BCUT2D eigenvalue weighted by Crippen LogP contribution is -2.36. The van der Waals surface area contributed by atoms with Gasteiger partial charge in [0.15, 0.2) is 0 Å². The maximum absolute atomic E-state index is 14.1. The molecule has 4 nitrogen and oxygen atoms in total. The number of nitrogens with zero attached hydrogens (tertiary/aromatic N) is 1. The fourth-order valence-corrected chi connectivity index (χ4v) is 6.44. The highest BCUT2D eigenvalue weighted by molar-refractivity contribution is 7.16. The number of nitrogens with one attached hydrogen (secondary N) is 1. The van der Waals surface area contributed by atoms with Crippen molar-refractivity contribution in [3.8, 4) is 5.75 Å². The second-order valence-electron chi connectivity index (χ2n) is 9.52. The van der Waals surface area contributed by atoms with E-state index in [0.717, 1.165) is 54.7 Å². The Morgan fingerprint density at radius 2 is 1.92 bits per heavy atom. The van der Waals surface area contributed by atoms with Gasteiger partial charge >= 0.3 is 0 Å². The molecule has 0 unspecified atom stereocenters. The predicted octanol–water partition coefficient (Wildman–Crippen LogP) is 7.81. The molecule has 36 heavy (non-hydrogen) atoms. The van der Waals surface area contributed by atoms with E-state index in [2.05, 4.69) is 5.32 Å². The minimum atomic E-state index is -0.306. The molecule has 3 aromatic rings. The van der Waals surface area contributed by atoms with E-state index in [1.807, 2.05) is 0 Å². The van der Waals surface area contributed by atoms with Gasteiger partial charge in [0.05, 0.1) is 5.56 Å². The number of thiophene rings is 1. The smallest absolute Gasteiger partial charge is 0.254 e. The number of halogens is 2. The number of ether oxygens (including phenoxy) is 1. The molecule has 1 N–H and O–H groups in total. The fourth-order valence-electron chi connectivity index (χ4n) is 5.03. The first-order valence-electron chi connectivity index (χ1n) is 12.7. The van der Waals surface area contributed by atoms with Gasteiger partial charge in [0.25, 0.3) is 5.91 Å². The number of benzene rings is 2. The summed E-state index contributed by atoms with van der Waals surface area (Å²) in [4.78, 5) is 19.5. The van der Waals surface area contributed by atoms with E-state index in [1.165, 1.54) is 30.2 Å². The van der Waals surface area contributed by atoms with Crippen LogP contribution in [0.25, 0.3) is 0 Å².